The van der Waals surface area contributed by atoms with Crippen molar-refractivity contribution in [3.63, 3.8) is 0 Å². The second-order valence-corrected chi connectivity index (χ2v) is 6.02. The number of aliphatic imine (C=N–C) groups is 1. The van der Waals surface area contributed by atoms with Gasteiger partial charge in [-0.15, -0.1) is 24.0 Å². The van der Waals surface area contributed by atoms with Crippen LogP contribution in [-0.2, 0) is 19.4 Å². The summed E-state index contributed by atoms with van der Waals surface area (Å²) in [5.41, 5.74) is 3.73. The number of phenolic OH excluding ortho intramolecular Hbond substituents is 1. The number of nitrogens with zero attached hydrogens (tertiary/aromatic N) is 1. The Kier molecular flexibility index (Phi) is 6.35. The number of guanidine groups is 1. The molecule has 0 radical (unpaired) electrons. The van der Waals surface area contributed by atoms with E-state index < -0.39 is 0 Å². The topological polar surface area (TPSA) is 56.7 Å². The van der Waals surface area contributed by atoms with E-state index in [2.05, 4.69) is 28.6 Å². The SMILES string of the molecule is CCNC(=NCc1c(O)ccc2c1CCCC2)NC1CC1.I. The van der Waals surface area contributed by atoms with Crippen LogP contribution in [0.3, 0.4) is 0 Å². The van der Waals surface area contributed by atoms with Crippen LogP contribution in [0, 0.1) is 0 Å². The Labute approximate surface area is 149 Å². The molecule has 0 atom stereocenters. The minimum atomic E-state index is 0. The number of hydrogen-bond acceptors (Lipinski definition) is 2. The molecule has 2 aliphatic rings. The largest absolute Gasteiger partial charge is 0.508 e. The van der Waals surface area contributed by atoms with Crippen LogP contribution in [0.1, 0.15) is 49.3 Å². The van der Waals surface area contributed by atoms with Crippen LogP contribution in [0.15, 0.2) is 17.1 Å². The van der Waals surface area contributed by atoms with Crippen LogP contribution in [0.5, 0.6) is 5.75 Å². The van der Waals surface area contributed by atoms with Crippen molar-refractivity contribution >= 4 is 29.9 Å². The van der Waals surface area contributed by atoms with Gasteiger partial charge in [-0.2, -0.15) is 0 Å². The van der Waals surface area contributed by atoms with Gasteiger partial charge in [-0.05, 0) is 62.6 Å². The van der Waals surface area contributed by atoms with Gasteiger partial charge in [0, 0.05) is 18.2 Å². The van der Waals surface area contributed by atoms with Crippen molar-refractivity contribution in [2.75, 3.05) is 6.54 Å². The summed E-state index contributed by atoms with van der Waals surface area (Å²) in [5.74, 6) is 1.26. The second kappa shape index (κ2) is 8.04. The van der Waals surface area contributed by atoms with E-state index in [1.807, 2.05) is 6.07 Å². The summed E-state index contributed by atoms with van der Waals surface area (Å²) in [4.78, 5) is 4.67. The number of hydrogen-bond donors (Lipinski definition) is 3. The molecule has 0 unspecified atom stereocenters. The number of benzene rings is 1. The molecule has 3 rings (SSSR count). The van der Waals surface area contributed by atoms with Gasteiger partial charge >= 0.3 is 0 Å². The predicted octanol–water partition coefficient (Wildman–Crippen LogP) is 3.11. The van der Waals surface area contributed by atoms with Crippen LogP contribution in [0.25, 0.3) is 0 Å². The van der Waals surface area contributed by atoms with Gasteiger partial charge in [0.1, 0.15) is 5.75 Å². The normalized spacial score (nSPS) is 17.4. The standard InChI is InChI=1S/C17H25N3O.HI/c1-2-18-17(20-13-8-9-13)19-11-15-14-6-4-3-5-12(14)7-10-16(15)21;/h7,10,13,21H,2-6,8-9,11H2,1H3,(H2,18,19,20);1H. The Balaban J connectivity index is 0.00000176. The minimum Gasteiger partial charge on any atom is -0.508 e. The first kappa shape index (κ1) is 17.4. The minimum absolute atomic E-state index is 0. The third-order valence-corrected chi connectivity index (χ3v) is 4.28. The number of rotatable bonds is 4. The third-order valence-electron chi connectivity index (χ3n) is 4.28. The Hall–Kier alpha value is -0.980. The fourth-order valence-corrected chi connectivity index (χ4v) is 2.97. The molecule has 1 fully saturated rings. The molecule has 1 aromatic carbocycles. The van der Waals surface area contributed by atoms with Crippen molar-refractivity contribution in [3.05, 3.63) is 28.8 Å². The summed E-state index contributed by atoms with van der Waals surface area (Å²) >= 11 is 0. The summed E-state index contributed by atoms with van der Waals surface area (Å²) < 4.78 is 0. The van der Waals surface area contributed by atoms with E-state index >= 15 is 0 Å². The molecule has 0 spiro atoms. The quantitative estimate of drug-likeness (QED) is 0.403. The van der Waals surface area contributed by atoms with E-state index in [0.29, 0.717) is 18.3 Å². The highest BCUT2D eigenvalue weighted by Gasteiger charge is 2.22. The zero-order valence-corrected chi connectivity index (χ0v) is 15.5. The highest BCUT2D eigenvalue weighted by Crippen LogP contribution is 2.31. The molecule has 0 aliphatic heterocycles. The molecule has 5 heteroatoms. The van der Waals surface area contributed by atoms with Crippen LogP contribution in [0.2, 0.25) is 0 Å². The molecule has 0 saturated heterocycles. The smallest absolute Gasteiger partial charge is 0.191 e. The third kappa shape index (κ3) is 4.27. The highest BCUT2D eigenvalue weighted by atomic mass is 127. The monoisotopic (exact) mass is 415 g/mol. The lowest BCUT2D eigenvalue weighted by Crippen LogP contribution is -2.38. The highest BCUT2D eigenvalue weighted by molar-refractivity contribution is 14.0. The molecule has 0 bridgehead atoms. The van der Waals surface area contributed by atoms with Crippen LogP contribution < -0.4 is 10.6 Å². The molecule has 0 amide bonds. The zero-order chi connectivity index (χ0) is 14.7. The average molecular weight is 415 g/mol. The van der Waals surface area contributed by atoms with E-state index in [1.54, 1.807) is 0 Å². The first-order valence-corrected chi connectivity index (χ1v) is 8.15. The number of halogens is 1. The van der Waals surface area contributed by atoms with Crippen LogP contribution in [0.4, 0.5) is 0 Å². The maximum Gasteiger partial charge on any atom is 0.191 e. The molecule has 1 saturated carbocycles. The Morgan fingerprint density at radius 1 is 1.27 bits per heavy atom. The van der Waals surface area contributed by atoms with Gasteiger partial charge in [0.15, 0.2) is 5.96 Å². The number of phenols is 1. The fourth-order valence-electron chi connectivity index (χ4n) is 2.97. The van der Waals surface area contributed by atoms with Gasteiger partial charge in [-0.3, -0.25) is 0 Å². The van der Waals surface area contributed by atoms with Crippen LogP contribution in [-0.4, -0.2) is 23.7 Å². The number of aromatic hydroxyl groups is 1. The zero-order valence-electron chi connectivity index (χ0n) is 13.2. The van der Waals surface area contributed by atoms with Crippen molar-refractivity contribution in [1.82, 2.24) is 10.6 Å². The summed E-state index contributed by atoms with van der Waals surface area (Å²) in [6, 6.07) is 4.49. The molecular weight excluding hydrogens is 389 g/mol. The van der Waals surface area contributed by atoms with E-state index in [-0.39, 0.29) is 24.0 Å². The van der Waals surface area contributed by atoms with Gasteiger partial charge in [0.2, 0.25) is 0 Å². The second-order valence-electron chi connectivity index (χ2n) is 6.02. The summed E-state index contributed by atoms with van der Waals surface area (Å²) in [7, 11) is 0. The Morgan fingerprint density at radius 3 is 2.77 bits per heavy atom. The molecule has 3 N–H and O–H groups in total. The van der Waals surface area contributed by atoms with E-state index in [1.165, 1.54) is 36.8 Å². The fraction of sp³-hybridized carbons (Fsp3) is 0.588. The average Bonchev–Trinajstić information content (AvgIpc) is 3.30. The lowest BCUT2D eigenvalue weighted by molar-refractivity contribution is 0.465. The molecule has 1 aromatic rings. The van der Waals surface area contributed by atoms with Crippen molar-refractivity contribution < 1.29 is 5.11 Å². The first-order chi connectivity index (χ1) is 10.3. The van der Waals surface area contributed by atoms with E-state index in [9.17, 15) is 5.11 Å². The lowest BCUT2D eigenvalue weighted by atomic mass is 9.88. The van der Waals surface area contributed by atoms with Gasteiger partial charge in [-0.25, -0.2) is 4.99 Å². The first-order valence-electron chi connectivity index (χ1n) is 8.15. The number of fused-ring (bicyclic) bond motifs is 1. The van der Waals surface area contributed by atoms with Crippen molar-refractivity contribution in [2.24, 2.45) is 4.99 Å². The molecule has 2 aliphatic carbocycles. The van der Waals surface area contributed by atoms with Crippen LogP contribution >= 0.6 is 24.0 Å². The summed E-state index contributed by atoms with van der Waals surface area (Å²) in [5, 5.41) is 16.9. The maximum absolute atomic E-state index is 10.2. The van der Waals surface area contributed by atoms with Gasteiger partial charge < -0.3 is 15.7 Å². The molecule has 0 aromatic heterocycles. The molecule has 122 valence electrons. The van der Waals surface area contributed by atoms with E-state index in [4.69, 9.17) is 0 Å². The van der Waals surface area contributed by atoms with Gasteiger partial charge in [0.25, 0.3) is 0 Å². The maximum atomic E-state index is 10.2. The van der Waals surface area contributed by atoms with Crippen molar-refractivity contribution in [3.8, 4) is 5.75 Å². The number of nitrogens with one attached hydrogen (secondary N) is 2. The lowest BCUT2D eigenvalue weighted by Gasteiger charge is -2.20. The number of aryl methyl sites for hydroxylation is 1. The Bertz CT molecular complexity index is 541. The molecular formula is C17H26IN3O. The molecule has 4 nitrogen and oxygen atoms in total. The van der Waals surface area contributed by atoms with Crippen molar-refractivity contribution in [1.29, 1.82) is 0 Å². The Morgan fingerprint density at radius 2 is 2.05 bits per heavy atom. The van der Waals surface area contributed by atoms with Gasteiger partial charge in [0.05, 0.1) is 6.54 Å². The summed E-state index contributed by atoms with van der Waals surface area (Å²) in [6.45, 7) is 3.49. The predicted molar refractivity (Wildman–Crippen MR) is 101 cm³/mol. The molecule has 22 heavy (non-hydrogen) atoms. The summed E-state index contributed by atoms with van der Waals surface area (Å²) in [6.07, 6.45) is 7.14. The van der Waals surface area contributed by atoms with E-state index in [0.717, 1.165) is 30.9 Å². The van der Waals surface area contributed by atoms with Crippen molar-refractivity contribution in [2.45, 2.75) is 58.0 Å². The van der Waals surface area contributed by atoms with Gasteiger partial charge in [-0.1, -0.05) is 6.07 Å². The molecule has 0 heterocycles.